The number of aromatic nitrogens is 1. The van der Waals surface area contributed by atoms with Crippen molar-refractivity contribution in [3.8, 4) is 0 Å². The van der Waals surface area contributed by atoms with Crippen molar-refractivity contribution in [2.45, 2.75) is 6.10 Å². The Morgan fingerprint density at radius 2 is 2.50 bits per heavy atom. The highest BCUT2D eigenvalue weighted by molar-refractivity contribution is 9.11. The average molecular weight is 250 g/mol. The van der Waals surface area contributed by atoms with Gasteiger partial charge < -0.3 is 9.47 Å². The summed E-state index contributed by atoms with van der Waals surface area (Å²) in [5, 5.41) is 0.988. The van der Waals surface area contributed by atoms with Crippen LogP contribution in [0.4, 0.5) is 0 Å². The van der Waals surface area contributed by atoms with Crippen molar-refractivity contribution in [1.82, 2.24) is 4.98 Å². The smallest absolute Gasteiger partial charge is 0.132 e. The second kappa shape index (κ2) is 3.83. The van der Waals surface area contributed by atoms with Crippen LogP contribution in [0.1, 0.15) is 11.1 Å². The van der Waals surface area contributed by atoms with Crippen LogP contribution in [0, 0.1) is 0 Å². The first-order valence-corrected chi connectivity index (χ1v) is 5.28. The van der Waals surface area contributed by atoms with E-state index in [0.29, 0.717) is 19.8 Å². The van der Waals surface area contributed by atoms with Crippen LogP contribution < -0.4 is 0 Å². The number of hydrogen-bond acceptors (Lipinski definition) is 4. The molecule has 2 rings (SSSR count). The molecule has 5 heteroatoms. The molecule has 1 aliphatic rings. The van der Waals surface area contributed by atoms with E-state index in [1.165, 1.54) is 0 Å². The summed E-state index contributed by atoms with van der Waals surface area (Å²) in [4.78, 5) is 4.21. The lowest BCUT2D eigenvalue weighted by molar-refractivity contribution is -0.0901. The van der Waals surface area contributed by atoms with Crippen LogP contribution in [0.15, 0.2) is 9.98 Å². The van der Waals surface area contributed by atoms with Gasteiger partial charge in [-0.3, -0.25) is 0 Å². The number of rotatable bonds is 1. The average Bonchev–Trinajstić information content (AvgIpc) is 2.54. The van der Waals surface area contributed by atoms with E-state index in [1.807, 2.05) is 0 Å². The van der Waals surface area contributed by atoms with Crippen LogP contribution in [0.3, 0.4) is 0 Å². The van der Waals surface area contributed by atoms with Gasteiger partial charge in [-0.2, -0.15) is 0 Å². The normalized spacial score (nSPS) is 24.2. The predicted molar refractivity (Wildman–Crippen MR) is 49.3 cm³/mol. The standard InChI is InChI=1S/C7H8BrNO2S/c8-6-3-9-7(12-6)5-4-10-1-2-11-5/h3,5H,1-2,4H2/t5-/m1/s1. The van der Waals surface area contributed by atoms with Crippen LogP contribution in [-0.2, 0) is 9.47 Å². The maximum atomic E-state index is 5.48. The summed E-state index contributed by atoms with van der Waals surface area (Å²) in [6, 6.07) is 0. The van der Waals surface area contributed by atoms with E-state index in [2.05, 4.69) is 20.9 Å². The quantitative estimate of drug-likeness (QED) is 0.763. The molecular weight excluding hydrogens is 242 g/mol. The van der Waals surface area contributed by atoms with Crippen molar-refractivity contribution < 1.29 is 9.47 Å². The van der Waals surface area contributed by atoms with E-state index in [1.54, 1.807) is 17.5 Å². The lowest BCUT2D eigenvalue weighted by Crippen LogP contribution is -2.21. The van der Waals surface area contributed by atoms with Gasteiger partial charge in [0, 0.05) is 0 Å². The third kappa shape index (κ3) is 1.85. The highest BCUT2D eigenvalue weighted by Gasteiger charge is 2.19. The zero-order valence-corrected chi connectivity index (χ0v) is 8.73. The summed E-state index contributed by atoms with van der Waals surface area (Å²) in [5.74, 6) is 0. The molecule has 1 atom stereocenters. The number of nitrogens with zero attached hydrogens (tertiary/aromatic N) is 1. The molecule has 0 radical (unpaired) electrons. The first kappa shape index (κ1) is 8.62. The van der Waals surface area contributed by atoms with E-state index >= 15 is 0 Å². The summed E-state index contributed by atoms with van der Waals surface area (Å²) in [5.41, 5.74) is 0. The van der Waals surface area contributed by atoms with Crippen molar-refractivity contribution in [3.05, 3.63) is 15.0 Å². The molecule has 1 saturated heterocycles. The first-order chi connectivity index (χ1) is 5.86. The Balaban J connectivity index is 2.08. The Morgan fingerprint density at radius 1 is 1.58 bits per heavy atom. The van der Waals surface area contributed by atoms with Crippen LogP contribution in [0.25, 0.3) is 0 Å². The summed E-state index contributed by atoms with van der Waals surface area (Å²) in [6.07, 6.45) is 1.83. The molecule has 0 spiro atoms. The first-order valence-electron chi connectivity index (χ1n) is 3.67. The molecule has 1 aromatic rings. The monoisotopic (exact) mass is 249 g/mol. The fourth-order valence-electron chi connectivity index (χ4n) is 1.05. The van der Waals surface area contributed by atoms with E-state index in [4.69, 9.17) is 9.47 Å². The Labute approximate surface area is 82.8 Å². The van der Waals surface area contributed by atoms with Crippen LogP contribution in [-0.4, -0.2) is 24.8 Å². The van der Waals surface area contributed by atoms with E-state index in [9.17, 15) is 0 Å². The summed E-state index contributed by atoms with van der Waals surface area (Å²) in [7, 11) is 0. The minimum absolute atomic E-state index is 0.0371. The van der Waals surface area contributed by atoms with E-state index < -0.39 is 0 Å². The lowest BCUT2D eigenvalue weighted by Gasteiger charge is -2.20. The fraction of sp³-hybridized carbons (Fsp3) is 0.571. The van der Waals surface area contributed by atoms with Gasteiger partial charge in [-0.05, 0) is 15.9 Å². The zero-order valence-electron chi connectivity index (χ0n) is 6.33. The molecule has 1 aromatic heterocycles. The molecule has 0 saturated carbocycles. The van der Waals surface area contributed by atoms with Crippen molar-refractivity contribution in [1.29, 1.82) is 0 Å². The van der Waals surface area contributed by atoms with Gasteiger partial charge >= 0.3 is 0 Å². The Bertz CT molecular complexity index is 260. The molecule has 0 unspecified atom stereocenters. The third-order valence-electron chi connectivity index (χ3n) is 1.59. The molecule has 12 heavy (non-hydrogen) atoms. The van der Waals surface area contributed by atoms with Crippen LogP contribution in [0.5, 0.6) is 0 Å². The fourth-order valence-corrected chi connectivity index (χ4v) is 2.32. The van der Waals surface area contributed by atoms with E-state index in [0.717, 1.165) is 8.79 Å². The van der Waals surface area contributed by atoms with Gasteiger partial charge in [-0.15, -0.1) is 11.3 Å². The largest absolute Gasteiger partial charge is 0.376 e. The number of ether oxygens (including phenoxy) is 2. The van der Waals surface area contributed by atoms with Gasteiger partial charge in [-0.25, -0.2) is 4.98 Å². The molecule has 1 aliphatic heterocycles. The Hall–Kier alpha value is 0.0300. The Morgan fingerprint density at radius 3 is 3.08 bits per heavy atom. The van der Waals surface area contributed by atoms with Crippen molar-refractivity contribution in [2.75, 3.05) is 19.8 Å². The highest BCUT2D eigenvalue weighted by Crippen LogP contribution is 2.27. The van der Waals surface area contributed by atoms with Gasteiger partial charge in [0.05, 0.1) is 29.8 Å². The predicted octanol–water partition coefficient (Wildman–Crippen LogP) is 1.99. The molecule has 0 aromatic carbocycles. The summed E-state index contributed by atoms with van der Waals surface area (Å²) >= 11 is 4.95. The van der Waals surface area contributed by atoms with Gasteiger partial charge in [0.2, 0.25) is 0 Å². The molecule has 1 fully saturated rings. The Kier molecular flexibility index (Phi) is 2.75. The third-order valence-corrected chi connectivity index (χ3v) is 3.15. The molecule has 0 bridgehead atoms. The molecular formula is C7H8BrNO2S. The molecule has 0 amide bonds. The lowest BCUT2D eigenvalue weighted by atomic mass is 10.4. The van der Waals surface area contributed by atoms with Crippen LogP contribution >= 0.6 is 27.3 Å². The number of thiazole rings is 1. The summed E-state index contributed by atoms with van der Waals surface area (Å²) < 4.78 is 11.8. The minimum Gasteiger partial charge on any atom is -0.376 e. The topological polar surface area (TPSA) is 31.4 Å². The molecule has 0 aliphatic carbocycles. The maximum Gasteiger partial charge on any atom is 0.132 e. The van der Waals surface area contributed by atoms with Gasteiger partial charge in [-0.1, -0.05) is 0 Å². The molecule has 2 heterocycles. The van der Waals surface area contributed by atoms with Gasteiger partial charge in [0.25, 0.3) is 0 Å². The maximum absolute atomic E-state index is 5.48. The molecule has 0 N–H and O–H groups in total. The zero-order chi connectivity index (χ0) is 8.39. The molecule has 3 nitrogen and oxygen atoms in total. The second-order valence-electron chi connectivity index (χ2n) is 2.44. The summed E-state index contributed by atoms with van der Waals surface area (Å²) in [6.45, 7) is 1.99. The second-order valence-corrected chi connectivity index (χ2v) is 4.88. The van der Waals surface area contributed by atoms with Crippen LogP contribution in [0.2, 0.25) is 0 Å². The van der Waals surface area contributed by atoms with Gasteiger partial charge in [0.15, 0.2) is 0 Å². The highest BCUT2D eigenvalue weighted by atomic mass is 79.9. The van der Waals surface area contributed by atoms with Crippen molar-refractivity contribution >= 4 is 27.3 Å². The minimum atomic E-state index is 0.0371. The van der Waals surface area contributed by atoms with Gasteiger partial charge in [0.1, 0.15) is 11.1 Å². The van der Waals surface area contributed by atoms with E-state index in [-0.39, 0.29) is 6.10 Å². The number of halogens is 1. The SMILES string of the molecule is Brc1cnc([C@H]2COCCO2)s1. The van der Waals surface area contributed by atoms with Crippen molar-refractivity contribution in [2.24, 2.45) is 0 Å². The number of hydrogen-bond donors (Lipinski definition) is 0. The molecule has 66 valence electrons. The van der Waals surface area contributed by atoms with Crippen molar-refractivity contribution in [3.63, 3.8) is 0 Å².